The second-order valence-electron chi connectivity index (χ2n) is 5.30. The van der Waals surface area contributed by atoms with Crippen molar-refractivity contribution in [1.29, 1.82) is 0 Å². The number of ether oxygens (including phenoxy) is 1. The van der Waals surface area contributed by atoms with Crippen LogP contribution in [0.1, 0.15) is 12.5 Å². The van der Waals surface area contributed by atoms with Crippen LogP contribution in [0.2, 0.25) is 0 Å². The van der Waals surface area contributed by atoms with Gasteiger partial charge in [0.25, 0.3) is 0 Å². The summed E-state index contributed by atoms with van der Waals surface area (Å²) in [6.45, 7) is 4.17. The Morgan fingerprint density at radius 3 is 2.70 bits per heavy atom. The van der Waals surface area contributed by atoms with E-state index in [0.717, 1.165) is 16.5 Å². The van der Waals surface area contributed by atoms with Crippen molar-refractivity contribution in [3.05, 3.63) is 36.0 Å². The number of aromatic amines is 1. The van der Waals surface area contributed by atoms with Crippen molar-refractivity contribution in [3.8, 4) is 17.1 Å². The second kappa shape index (κ2) is 5.66. The van der Waals surface area contributed by atoms with E-state index in [4.69, 9.17) is 4.74 Å². The minimum Gasteiger partial charge on any atom is -0.476 e. The number of aryl methyl sites for hydroxylation is 1. The number of hydrogen-bond acceptors (Lipinski definition) is 5. The van der Waals surface area contributed by atoms with Crippen LogP contribution in [-0.2, 0) is 9.84 Å². The molecule has 0 bridgehead atoms. The monoisotopic (exact) mass is 331 g/mol. The molecule has 0 aliphatic heterocycles. The van der Waals surface area contributed by atoms with Crippen molar-refractivity contribution < 1.29 is 13.2 Å². The lowest BCUT2D eigenvalue weighted by Gasteiger charge is -2.08. The molecule has 0 spiro atoms. The maximum atomic E-state index is 11.8. The fourth-order valence-electron chi connectivity index (χ4n) is 2.61. The molecule has 0 aliphatic carbocycles. The third kappa shape index (κ3) is 2.79. The highest BCUT2D eigenvalue weighted by Gasteiger charge is 2.16. The quantitative estimate of drug-likeness (QED) is 0.794. The summed E-state index contributed by atoms with van der Waals surface area (Å²) in [5, 5.41) is 7.88. The number of rotatable bonds is 4. The Kier molecular flexibility index (Phi) is 3.81. The molecule has 6 nitrogen and oxygen atoms in total. The van der Waals surface area contributed by atoms with Gasteiger partial charge in [0.15, 0.2) is 9.84 Å². The Bertz CT molecular complexity index is 977. The Balaban J connectivity index is 2.21. The maximum Gasteiger partial charge on any atom is 0.242 e. The predicted molar refractivity (Wildman–Crippen MR) is 88.3 cm³/mol. The van der Waals surface area contributed by atoms with Crippen LogP contribution in [0.3, 0.4) is 0 Å². The molecule has 1 N–H and O–H groups in total. The summed E-state index contributed by atoms with van der Waals surface area (Å²) >= 11 is 0. The number of H-pyrrole nitrogens is 1. The van der Waals surface area contributed by atoms with Crippen LogP contribution in [-0.4, -0.2) is 36.5 Å². The van der Waals surface area contributed by atoms with Crippen LogP contribution in [0.25, 0.3) is 22.2 Å². The summed E-state index contributed by atoms with van der Waals surface area (Å²) in [6.07, 6.45) is 2.89. The first-order valence-electron chi connectivity index (χ1n) is 7.18. The lowest BCUT2D eigenvalue weighted by Crippen LogP contribution is -2.00. The van der Waals surface area contributed by atoms with E-state index in [0.29, 0.717) is 28.6 Å². The molecule has 0 saturated carbocycles. The van der Waals surface area contributed by atoms with Crippen molar-refractivity contribution in [1.82, 2.24) is 15.2 Å². The first kappa shape index (κ1) is 15.5. The van der Waals surface area contributed by atoms with Gasteiger partial charge in [-0.1, -0.05) is 6.07 Å². The van der Waals surface area contributed by atoms with E-state index in [1.54, 1.807) is 25.3 Å². The molecule has 0 fully saturated rings. The SMILES string of the molecule is CCOc1n[nH]c2ccnc(-c3ccc(S(C)(=O)=O)c(C)c3)c12. The number of fused-ring (bicyclic) bond motifs is 1. The van der Waals surface area contributed by atoms with Gasteiger partial charge in [0.05, 0.1) is 28.1 Å². The van der Waals surface area contributed by atoms with E-state index in [2.05, 4.69) is 15.2 Å². The average Bonchev–Trinajstić information content (AvgIpc) is 2.89. The van der Waals surface area contributed by atoms with Crippen LogP contribution in [0, 0.1) is 6.92 Å². The lowest BCUT2D eigenvalue weighted by atomic mass is 10.1. The lowest BCUT2D eigenvalue weighted by molar-refractivity contribution is 0.330. The normalized spacial score (nSPS) is 11.8. The van der Waals surface area contributed by atoms with Gasteiger partial charge in [-0.25, -0.2) is 8.42 Å². The van der Waals surface area contributed by atoms with Crippen LogP contribution in [0.4, 0.5) is 0 Å². The van der Waals surface area contributed by atoms with Crippen LogP contribution in [0.5, 0.6) is 5.88 Å². The first-order chi connectivity index (χ1) is 10.9. The zero-order chi connectivity index (χ0) is 16.6. The third-order valence-electron chi connectivity index (χ3n) is 3.57. The van der Waals surface area contributed by atoms with Crippen LogP contribution in [0.15, 0.2) is 35.4 Å². The van der Waals surface area contributed by atoms with Crippen molar-refractivity contribution in [2.45, 2.75) is 18.7 Å². The highest BCUT2D eigenvalue weighted by molar-refractivity contribution is 7.90. The largest absolute Gasteiger partial charge is 0.476 e. The molecule has 3 aromatic rings. The Hall–Kier alpha value is -2.41. The number of pyridine rings is 1. The van der Waals surface area contributed by atoms with Gasteiger partial charge in [-0.3, -0.25) is 10.1 Å². The average molecular weight is 331 g/mol. The highest BCUT2D eigenvalue weighted by Crippen LogP contribution is 2.33. The summed E-state index contributed by atoms with van der Waals surface area (Å²) < 4.78 is 29.1. The Morgan fingerprint density at radius 2 is 2.04 bits per heavy atom. The van der Waals surface area contributed by atoms with Crippen LogP contribution >= 0.6 is 0 Å². The van der Waals surface area contributed by atoms with Gasteiger partial charge in [-0.2, -0.15) is 0 Å². The fraction of sp³-hybridized carbons (Fsp3) is 0.250. The van der Waals surface area contributed by atoms with Gasteiger partial charge in [0.1, 0.15) is 0 Å². The van der Waals surface area contributed by atoms with Gasteiger partial charge in [-0.05, 0) is 37.6 Å². The smallest absolute Gasteiger partial charge is 0.242 e. The van der Waals surface area contributed by atoms with Gasteiger partial charge in [0.2, 0.25) is 5.88 Å². The van der Waals surface area contributed by atoms with Gasteiger partial charge in [-0.15, -0.1) is 5.10 Å². The van der Waals surface area contributed by atoms with E-state index < -0.39 is 9.84 Å². The predicted octanol–water partition coefficient (Wildman–Crippen LogP) is 2.74. The molecule has 0 atom stereocenters. The molecule has 120 valence electrons. The van der Waals surface area contributed by atoms with Crippen molar-refractivity contribution in [2.24, 2.45) is 0 Å². The molecule has 2 aromatic heterocycles. The molecule has 0 aliphatic rings. The summed E-state index contributed by atoms with van der Waals surface area (Å²) in [4.78, 5) is 4.76. The third-order valence-corrected chi connectivity index (χ3v) is 4.83. The van der Waals surface area contributed by atoms with E-state index in [1.165, 1.54) is 6.26 Å². The van der Waals surface area contributed by atoms with Crippen molar-refractivity contribution in [2.75, 3.05) is 12.9 Å². The molecule has 1 aromatic carbocycles. The number of nitrogens with zero attached hydrogens (tertiary/aromatic N) is 2. The van der Waals surface area contributed by atoms with Crippen molar-refractivity contribution >= 4 is 20.7 Å². The number of nitrogens with one attached hydrogen (secondary N) is 1. The number of aromatic nitrogens is 3. The van der Waals surface area contributed by atoms with E-state index in [9.17, 15) is 8.42 Å². The minimum absolute atomic E-state index is 0.325. The number of benzene rings is 1. The summed E-state index contributed by atoms with van der Waals surface area (Å²) in [5.41, 5.74) is 3.04. The fourth-order valence-corrected chi connectivity index (χ4v) is 3.57. The van der Waals surface area contributed by atoms with E-state index in [-0.39, 0.29) is 0 Å². The molecule has 0 amide bonds. The van der Waals surface area contributed by atoms with Gasteiger partial charge < -0.3 is 4.74 Å². The van der Waals surface area contributed by atoms with E-state index >= 15 is 0 Å². The number of sulfone groups is 1. The molecule has 3 rings (SSSR count). The molecule has 23 heavy (non-hydrogen) atoms. The van der Waals surface area contributed by atoms with Gasteiger partial charge >= 0.3 is 0 Å². The Morgan fingerprint density at radius 1 is 1.26 bits per heavy atom. The minimum atomic E-state index is -3.24. The Labute approximate surface area is 134 Å². The molecular formula is C16H17N3O3S. The summed E-state index contributed by atoms with van der Waals surface area (Å²) in [6, 6.07) is 7.02. The number of hydrogen-bond donors (Lipinski definition) is 1. The molecule has 0 saturated heterocycles. The molecule has 0 radical (unpaired) electrons. The zero-order valence-corrected chi connectivity index (χ0v) is 13.9. The second-order valence-corrected chi connectivity index (χ2v) is 7.28. The molecule has 0 unspecified atom stereocenters. The zero-order valence-electron chi connectivity index (χ0n) is 13.1. The standard InChI is InChI=1S/C16H17N3O3S/c1-4-22-16-14-12(18-19-16)7-8-17-15(14)11-5-6-13(10(2)9-11)23(3,20)21/h5-9H,4H2,1-3H3,(H,18,19). The maximum absolute atomic E-state index is 11.8. The molecule has 2 heterocycles. The van der Waals surface area contributed by atoms with Crippen LogP contribution < -0.4 is 4.74 Å². The molecular weight excluding hydrogens is 314 g/mol. The van der Waals surface area contributed by atoms with Crippen molar-refractivity contribution in [3.63, 3.8) is 0 Å². The first-order valence-corrected chi connectivity index (χ1v) is 9.08. The highest BCUT2D eigenvalue weighted by atomic mass is 32.2. The molecule has 7 heteroatoms. The summed E-state index contributed by atoms with van der Waals surface area (Å²) in [7, 11) is -3.24. The van der Waals surface area contributed by atoms with E-state index in [1.807, 2.05) is 19.1 Å². The summed E-state index contributed by atoms with van der Waals surface area (Å²) in [5.74, 6) is 0.496. The van der Waals surface area contributed by atoms with Gasteiger partial charge in [0, 0.05) is 18.0 Å². The topological polar surface area (TPSA) is 84.9 Å².